The molecule has 2 heterocycles. The molecule has 3 N–H and O–H groups in total. The molecule has 8 heteroatoms. The van der Waals surface area contributed by atoms with Gasteiger partial charge in [-0.15, -0.1) is 15.7 Å². The number of nitrogens with two attached hydrogens (primary N) is 1. The van der Waals surface area contributed by atoms with Crippen LogP contribution < -0.4 is 10.5 Å². The number of nitrogens with one attached hydrogen (secondary N) is 1. The Balaban J connectivity index is 1.46. The number of ether oxygens (including phenoxy) is 1. The minimum atomic E-state index is -3.28. The fraction of sp³-hybridized carbons (Fsp3) is 0.450. The molecular formula is C20H23N3O3S2. The maximum absolute atomic E-state index is 13.0. The van der Waals surface area contributed by atoms with Crippen LogP contribution in [0.4, 0.5) is 10.5 Å². The highest BCUT2D eigenvalue weighted by Crippen LogP contribution is 2.38. The molecule has 28 heavy (non-hydrogen) atoms. The second kappa shape index (κ2) is 6.95. The number of nitrogens with zero attached hydrogens (tertiary/aromatic N) is 1. The molecule has 0 saturated carbocycles. The summed E-state index contributed by atoms with van der Waals surface area (Å²) in [6.45, 7) is 1.15. The molecule has 0 bridgehead atoms. The number of amides is 2. The van der Waals surface area contributed by atoms with E-state index in [9.17, 15) is 9.00 Å². The van der Waals surface area contributed by atoms with Crippen molar-refractivity contribution in [1.29, 1.82) is 0 Å². The fourth-order valence-electron chi connectivity index (χ4n) is 4.53. The van der Waals surface area contributed by atoms with Crippen molar-refractivity contribution in [2.45, 2.75) is 55.8 Å². The van der Waals surface area contributed by atoms with Gasteiger partial charge in [0, 0.05) is 17.0 Å². The van der Waals surface area contributed by atoms with Crippen LogP contribution in [0.25, 0.3) is 0 Å². The summed E-state index contributed by atoms with van der Waals surface area (Å²) in [5, 5.41) is 8.95. The lowest BCUT2D eigenvalue weighted by molar-refractivity contribution is 0.112. The van der Waals surface area contributed by atoms with Crippen molar-refractivity contribution in [2.75, 3.05) is 11.9 Å². The van der Waals surface area contributed by atoms with Crippen LogP contribution in [0.5, 0.6) is 0 Å². The summed E-state index contributed by atoms with van der Waals surface area (Å²) < 4.78 is 22.8. The average Bonchev–Trinajstić information content (AvgIpc) is 3.39. The van der Waals surface area contributed by atoms with Crippen molar-refractivity contribution in [3.05, 3.63) is 44.8 Å². The first-order chi connectivity index (χ1) is 13.5. The first-order valence-corrected chi connectivity index (χ1v) is 12.1. The van der Waals surface area contributed by atoms with Gasteiger partial charge in [-0.25, -0.2) is 14.1 Å². The van der Waals surface area contributed by atoms with Crippen LogP contribution in [-0.2, 0) is 53.4 Å². The molecule has 1 aromatic carbocycles. The maximum atomic E-state index is 13.0. The minimum absolute atomic E-state index is 0.446. The standard InChI is InChI=1S/C20H23N3O3S2/c21-28(25,18-10-14-11-26-8-7-17(14)27-18)23-20(24)22-19-15-5-1-3-12(15)9-13-4-2-6-16(13)19/h9-10H,1-8,11H2,(H3,21,22,23,24,25). The number of thiophene rings is 1. The van der Waals surface area contributed by atoms with E-state index >= 15 is 0 Å². The molecule has 3 aliphatic rings. The Kier molecular flexibility index (Phi) is 4.54. The lowest BCUT2D eigenvalue weighted by atomic mass is 9.99. The molecule has 0 fully saturated rings. The molecule has 2 amide bonds. The van der Waals surface area contributed by atoms with Gasteiger partial charge in [0.1, 0.15) is 4.21 Å². The predicted molar refractivity (Wildman–Crippen MR) is 110 cm³/mol. The Morgan fingerprint density at radius 3 is 2.46 bits per heavy atom. The van der Waals surface area contributed by atoms with Crippen LogP contribution >= 0.6 is 11.3 Å². The Labute approximate surface area is 168 Å². The van der Waals surface area contributed by atoms with Crippen LogP contribution in [0.1, 0.15) is 45.5 Å². The van der Waals surface area contributed by atoms with E-state index in [2.05, 4.69) is 15.7 Å². The molecule has 0 saturated heterocycles. The van der Waals surface area contributed by atoms with E-state index in [-0.39, 0.29) is 0 Å². The summed E-state index contributed by atoms with van der Waals surface area (Å²) in [5.41, 5.74) is 6.99. The second-order valence-electron chi connectivity index (χ2n) is 7.64. The Morgan fingerprint density at radius 2 is 1.79 bits per heavy atom. The Bertz CT molecular complexity index is 1040. The van der Waals surface area contributed by atoms with Crippen molar-refractivity contribution in [3.8, 4) is 0 Å². The molecule has 148 valence electrons. The molecule has 5 rings (SSSR count). The molecule has 1 aromatic heterocycles. The quantitative estimate of drug-likeness (QED) is 0.779. The first-order valence-electron chi connectivity index (χ1n) is 9.73. The summed E-state index contributed by atoms with van der Waals surface area (Å²) >= 11 is 1.38. The van der Waals surface area contributed by atoms with Crippen LogP contribution in [0.3, 0.4) is 0 Å². The van der Waals surface area contributed by atoms with Gasteiger partial charge in [-0.1, -0.05) is 6.07 Å². The minimum Gasteiger partial charge on any atom is -0.376 e. The topological polar surface area (TPSA) is 93.8 Å². The second-order valence-corrected chi connectivity index (χ2v) is 10.8. The molecule has 6 nitrogen and oxygen atoms in total. The number of benzene rings is 1. The Morgan fingerprint density at radius 1 is 1.07 bits per heavy atom. The van der Waals surface area contributed by atoms with E-state index < -0.39 is 15.9 Å². The zero-order chi connectivity index (χ0) is 19.3. The monoisotopic (exact) mass is 417 g/mol. The smallest absolute Gasteiger partial charge is 0.354 e. The van der Waals surface area contributed by atoms with Crippen molar-refractivity contribution in [2.24, 2.45) is 9.50 Å². The van der Waals surface area contributed by atoms with E-state index in [4.69, 9.17) is 9.88 Å². The molecule has 1 atom stereocenters. The summed E-state index contributed by atoms with van der Waals surface area (Å²) in [6, 6.07) is 3.46. The zero-order valence-corrected chi connectivity index (χ0v) is 17.2. The molecule has 1 aliphatic heterocycles. The SMILES string of the molecule is NS(=O)(=NC(=O)Nc1c2c(cc3c1CCC3)CCC2)c1cc2c(s1)CCOC2. The van der Waals surface area contributed by atoms with Gasteiger partial charge in [0.25, 0.3) is 0 Å². The van der Waals surface area contributed by atoms with Gasteiger partial charge in [0.05, 0.1) is 13.2 Å². The summed E-state index contributed by atoms with van der Waals surface area (Å²) in [5.74, 6) is 0. The highest BCUT2D eigenvalue weighted by molar-refractivity contribution is 7.93. The van der Waals surface area contributed by atoms with Crippen LogP contribution in [0.2, 0.25) is 0 Å². The van der Waals surface area contributed by atoms with E-state index in [1.807, 2.05) is 0 Å². The highest BCUT2D eigenvalue weighted by Gasteiger charge is 2.26. The Hall–Kier alpha value is -1.74. The van der Waals surface area contributed by atoms with Crippen LogP contribution in [0.15, 0.2) is 20.7 Å². The molecular weight excluding hydrogens is 394 g/mol. The molecule has 2 aliphatic carbocycles. The van der Waals surface area contributed by atoms with Crippen molar-refractivity contribution >= 4 is 33.0 Å². The maximum Gasteiger partial charge on any atom is 0.354 e. The lowest BCUT2D eigenvalue weighted by Gasteiger charge is -2.15. The number of hydrogen-bond acceptors (Lipinski definition) is 4. The third-order valence-electron chi connectivity index (χ3n) is 5.82. The van der Waals surface area contributed by atoms with E-state index in [0.717, 1.165) is 61.1 Å². The van der Waals surface area contributed by atoms with Gasteiger partial charge in [-0.3, -0.25) is 0 Å². The zero-order valence-electron chi connectivity index (χ0n) is 15.6. The predicted octanol–water partition coefficient (Wildman–Crippen LogP) is 3.73. The van der Waals surface area contributed by atoms with Gasteiger partial charge in [0.15, 0.2) is 9.92 Å². The van der Waals surface area contributed by atoms with Crippen LogP contribution in [0, 0.1) is 0 Å². The fourth-order valence-corrected chi connectivity index (χ4v) is 6.99. The van der Waals surface area contributed by atoms with Crippen molar-refractivity contribution < 1.29 is 13.7 Å². The van der Waals surface area contributed by atoms with Gasteiger partial charge in [0.2, 0.25) is 0 Å². The number of carbonyl (C=O) groups is 1. The third-order valence-corrected chi connectivity index (χ3v) is 8.95. The summed E-state index contributed by atoms with van der Waals surface area (Å²) in [6.07, 6.45) is 7.04. The van der Waals surface area contributed by atoms with E-state index in [0.29, 0.717) is 17.4 Å². The largest absolute Gasteiger partial charge is 0.376 e. The summed E-state index contributed by atoms with van der Waals surface area (Å²) in [4.78, 5) is 13.8. The molecule has 1 unspecified atom stereocenters. The molecule has 0 radical (unpaired) electrons. The van der Waals surface area contributed by atoms with Gasteiger partial charge < -0.3 is 10.1 Å². The number of fused-ring (bicyclic) bond motifs is 3. The lowest BCUT2D eigenvalue weighted by Crippen LogP contribution is -2.18. The highest BCUT2D eigenvalue weighted by atomic mass is 32.2. The first kappa shape index (κ1) is 18.3. The van der Waals surface area contributed by atoms with E-state index in [1.54, 1.807) is 6.07 Å². The average molecular weight is 418 g/mol. The van der Waals surface area contributed by atoms with E-state index in [1.165, 1.54) is 33.6 Å². The number of carbonyl (C=O) groups excluding carboxylic acids is 1. The number of hydrogen-bond donors (Lipinski definition) is 2. The van der Waals surface area contributed by atoms with Gasteiger partial charge in [-0.05, 0) is 72.4 Å². The molecule has 2 aromatic rings. The summed E-state index contributed by atoms with van der Waals surface area (Å²) in [7, 11) is -3.28. The number of urea groups is 1. The van der Waals surface area contributed by atoms with Crippen molar-refractivity contribution in [1.82, 2.24) is 0 Å². The molecule has 0 spiro atoms. The number of anilines is 1. The van der Waals surface area contributed by atoms with Gasteiger partial charge >= 0.3 is 6.03 Å². The third kappa shape index (κ3) is 3.18. The van der Waals surface area contributed by atoms with Crippen molar-refractivity contribution in [3.63, 3.8) is 0 Å². The van der Waals surface area contributed by atoms with Gasteiger partial charge in [-0.2, -0.15) is 0 Å². The van der Waals surface area contributed by atoms with Crippen LogP contribution in [-0.4, -0.2) is 16.8 Å². The number of rotatable bonds is 2. The normalized spacial score (nSPS) is 19.5. The number of aryl methyl sites for hydroxylation is 2.